The van der Waals surface area contributed by atoms with Gasteiger partial charge in [0.15, 0.2) is 0 Å². The SMILES string of the molecule is COC(=O)c1ccc(OCCc2c(CCNS(=O)(=O)Cc3cc(Cl)cc(Cl)c3)n(C(c3ccccc3)c3ccccc3)c3ccc(Cl)cc23)cc1. The molecule has 0 bridgehead atoms. The number of rotatable bonds is 14. The minimum atomic E-state index is -3.75. The van der Waals surface area contributed by atoms with E-state index in [1.54, 1.807) is 42.5 Å². The Bertz CT molecular complexity index is 2180. The number of hydrogen-bond acceptors (Lipinski definition) is 5. The maximum absolute atomic E-state index is 13.3. The highest BCUT2D eigenvalue weighted by atomic mass is 35.5. The van der Waals surface area contributed by atoms with Gasteiger partial charge in [0.25, 0.3) is 0 Å². The zero-order valence-electron chi connectivity index (χ0n) is 27.7. The molecule has 0 aliphatic carbocycles. The van der Waals surface area contributed by atoms with Crippen molar-refractivity contribution >= 4 is 61.7 Å². The fourth-order valence-electron chi connectivity index (χ4n) is 6.38. The summed E-state index contributed by atoms with van der Waals surface area (Å²) in [6.07, 6.45) is 0.878. The van der Waals surface area contributed by atoms with Crippen molar-refractivity contribution in [3.63, 3.8) is 0 Å². The maximum atomic E-state index is 13.3. The third kappa shape index (κ3) is 8.95. The molecule has 0 aliphatic heterocycles. The molecular weight excluding hydrogens is 727 g/mol. The van der Waals surface area contributed by atoms with Gasteiger partial charge in [-0.05, 0) is 82.9 Å². The van der Waals surface area contributed by atoms with E-state index in [0.29, 0.717) is 51.4 Å². The molecule has 7 nitrogen and oxygen atoms in total. The van der Waals surface area contributed by atoms with Crippen LogP contribution in [0.2, 0.25) is 15.1 Å². The number of ether oxygens (including phenoxy) is 2. The third-order valence-corrected chi connectivity index (χ3v) is 10.6. The van der Waals surface area contributed by atoms with Gasteiger partial charge >= 0.3 is 5.97 Å². The van der Waals surface area contributed by atoms with Gasteiger partial charge in [0, 0.05) is 51.1 Å². The summed E-state index contributed by atoms with van der Waals surface area (Å²) in [4.78, 5) is 11.9. The van der Waals surface area contributed by atoms with Gasteiger partial charge in [-0.1, -0.05) is 95.5 Å². The molecule has 0 aliphatic rings. The Kier molecular flexibility index (Phi) is 11.7. The summed E-state index contributed by atoms with van der Waals surface area (Å²) in [5.74, 6) is -0.0848. The van der Waals surface area contributed by atoms with Crippen molar-refractivity contribution in [2.24, 2.45) is 0 Å². The lowest BCUT2D eigenvalue weighted by atomic mass is 9.97. The van der Waals surface area contributed by atoms with E-state index in [0.717, 1.165) is 33.3 Å². The Morgan fingerprint density at radius 1 is 0.765 bits per heavy atom. The standard InChI is InChI=1S/C40H35Cl3N2O5S/c1-49-40(46)30-12-15-34(16-13-30)50-21-19-35-36-25-31(41)14-17-37(36)45(39(28-8-4-2-5-9-28)29-10-6-3-7-11-29)38(35)18-20-44-51(47,48)26-27-22-32(42)24-33(43)23-27/h2-17,22-25,39,44H,18-21,26H2,1H3. The van der Waals surface area contributed by atoms with Crippen molar-refractivity contribution in [2.75, 3.05) is 20.3 Å². The van der Waals surface area contributed by atoms with Crippen LogP contribution in [0.15, 0.2) is 121 Å². The number of hydrogen-bond donors (Lipinski definition) is 1. The number of fused-ring (bicyclic) bond motifs is 1. The summed E-state index contributed by atoms with van der Waals surface area (Å²) < 4.78 is 42.7. The number of sulfonamides is 1. The highest BCUT2D eigenvalue weighted by Crippen LogP contribution is 2.38. The molecule has 0 unspecified atom stereocenters. The highest BCUT2D eigenvalue weighted by Gasteiger charge is 2.26. The maximum Gasteiger partial charge on any atom is 0.337 e. The number of halogens is 3. The Morgan fingerprint density at radius 3 is 2.00 bits per heavy atom. The van der Waals surface area contributed by atoms with E-state index in [-0.39, 0.29) is 18.3 Å². The summed E-state index contributed by atoms with van der Waals surface area (Å²) in [6.45, 7) is 0.457. The second-order valence-corrected chi connectivity index (χ2v) is 15.1. The zero-order valence-corrected chi connectivity index (χ0v) is 30.8. The molecule has 6 rings (SSSR count). The summed E-state index contributed by atoms with van der Waals surface area (Å²) in [5.41, 5.74) is 5.97. The normalized spacial score (nSPS) is 11.6. The van der Waals surface area contributed by atoms with Gasteiger partial charge in [-0.15, -0.1) is 0 Å². The lowest BCUT2D eigenvalue weighted by molar-refractivity contribution is 0.0600. The molecule has 0 spiro atoms. The quantitative estimate of drug-likeness (QED) is 0.112. The molecule has 0 fully saturated rings. The fourth-order valence-corrected chi connectivity index (χ4v) is 8.24. The van der Waals surface area contributed by atoms with Crippen molar-refractivity contribution in [1.29, 1.82) is 0 Å². The molecule has 0 amide bonds. The molecule has 1 N–H and O–H groups in total. The van der Waals surface area contributed by atoms with Crippen molar-refractivity contribution in [3.05, 3.63) is 170 Å². The van der Waals surface area contributed by atoms with Crippen LogP contribution >= 0.6 is 34.8 Å². The molecule has 1 heterocycles. The fraction of sp³-hybridized carbons (Fsp3) is 0.175. The molecule has 51 heavy (non-hydrogen) atoms. The molecule has 0 saturated carbocycles. The number of nitrogens with one attached hydrogen (secondary N) is 1. The summed E-state index contributed by atoms with van der Waals surface area (Å²) in [5, 5.41) is 2.28. The average Bonchev–Trinajstić information content (AvgIpc) is 3.40. The summed E-state index contributed by atoms with van der Waals surface area (Å²) in [7, 11) is -2.40. The minimum absolute atomic E-state index is 0.139. The number of esters is 1. The van der Waals surface area contributed by atoms with Gasteiger partial charge in [-0.2, -0.15) is 0 Å². The first-order valence-electron chi connectivity index (χ1n) is 16.3. The number of carbonyl (C=O) groups is 1. The average molecular weight is 762 g/mol. The molecule has 262 valence electrons. The largest absolute Gasteiger partial charge is 0.493 e. The van der Waals surface area contributed by atoms with Crippen LogP contribution in [0.25, 0.3) is 10.9 Å². The van der Waals surface area contributed by atoms with Crippen LogP contribution in [-0.2, 0) is 33.4 Å². The summed E-state index contributed by atoms with van der Waals surface area (Å²) in [6, 6.07) is 37.6. The number of nitrogens with zero attached hydrogens (tertiary/aromatic N) is 1. The van der Waals surface area contributed by atoms with Gasteiger partial charge in [-0.25, -0.2) is 17.9 Å². The Labute approximate surface area is 312 Å². The van der Waals surface area contributed by atoms with Crippen LogP contribution < -0.4 is 9.46 Å². The predicted octanol–water partition coefficient (Wildman–Crippen LogP) is 9.31. The molecule has 1 aromatic heterocycles. The number of methoxy groups -OCH3 is 1. The van der Waals surface area contributed by atoms with Crippen molar-refractivity contribution < 1.29 is 22.7 Å². The van der Waals surface area contributed by atoms with E-state index in [1.165, 1.54) is 7.11 Å². The number of aromatic nitrogens is 1. The van der Waals surface area contributed by atoms with Gasteiger partial charge in [0.1, 0.15) is 5.75 Å². The van der Waals surface area contributed by atoms with Gasteiger partial charge in [-0.3, -0.25) is 0 Å². The molecule has 0 radical (unpaired) electrons. The van der Waals surface area contributed by atoms with E-state index in [2.05, 4.69) is 33.6 Å². The van der Waals surface area contributed by atoms with E-state index < -0.39 is 16.0 Å². The first kappa shape index (κ1) is 36.5. The van der Waals surface area contributed by atoms with Crippen LogP contribution in [0.4, 0.5) is 0 Å². The van der Waals surface area contributed by atoms with Crippen molar-refractivity contribution in [3.8, 4) is 5.75 Å². The van der Waals surface area contributed by atoms with Crippen LogP contribution in [0.1, 0.15) is 44.3 Å². The zero-order chi connectivity index (χ0) is 36.0. The van der Waals surface area contributed by atoms with Crippen LogP contribution in [0.5, 0.6) is 5.75 Å². The van der Waals surface area contributed by atoms with Gasteiger partial charge < -0.3 is 14.0 Å². The van der Waals surface area contributed by atoms with Crippen LogP contribution in [0.3, 0.4) is 0 Å². The second-order valence-electron chi connectivity index (χ2n) is 12.0. The molecular formula is C40H35Cl3N2O5S. The monoisotopic (exact) mass is 760 g/mol. The Hall–Kier alpha value is -4.31. The van der Waals surface area contributed by atoms with Crippen LogP contribution in [0, 0.1) is 0 Å². The summed E-state index contributed by atoms with van der Waals surface area (Å²) >= 11 is 18.9. The lowest BCUT2D eigenvalue weighted by Crippen LogP contribution is -2.28. The van der Waals surface area contributed by atoms with E-state index in [1.807, 2.05) is 54.6 Å². The smallest absolute Gasteiger partial charge is 0.337 e. The topological polar surface area (TPSA) is 86.6 Å². The van der Waals surface area contributed by atoms with E-state index in [4.69, 9.17) is 44.3 Å². The first-order valence-corrected chi connectivity index (χ1v) is 19.0. The number of carbonyl (C=O) groups excluding carboxylic acids is 1. The van der Waals surface area contributed by atoms with Crippen molar-refractivity contribution in [1.82, 2.24) is 9.29 Å². The predicted molar refractivity (Wildman–Crippen MR) is 205 cm³/mol. The van der Waals surface area contributed by atoms with Gasteiger partial charge in [0.05, 0.1) is 31.1 Å². The van der Waals surface area contributed by atoms with Crippen molar-refractivity contribution in [2.45, 2.75) is 24.6 Å². The van der Waals surface area contributed by atoms with E-state index >= 15 is 0 Å². The number of benzene rings is 5. The Morgan fingerprint density at radius 2 is 1.39 bits per heavy atom. The second kappa shape index (κ2) is 16.4. The molecule has 6 aromatic rings. The lowest BCUT2D eigenvalue weighted by Gasteiger charge is -2.25. The molecule has 0 atom stereocenters. The van der Waals surface area contributed by atoms with Crippen LogP contribution in [-0.4, -0.2) is 39.2 Å². The third-order valence-electron chi connectivity index (χ3n) is 8.53. The molecule has 11 heteroatoms. The molecule has 0 saturated heterocycles. The minimum Gasteiger partial charge on any atom is -0.493 e. The Balaban J connectivity index is 1.39. The van der Waals surface area contributed by atoms with E-state index in [9.17, 15) is 13.2 Å². The highest BCUT2D eigenvalue weighted by molar-refractivity contribution is 7.88. The van der Waals surface area contributed by atoms with Gasteiger partial charge in [0.2, 0.25) is 10.0 Å². The molecule has 5 aromatic carbocycles. The first-order chi connectivity index (χ1) is 24.6.